The van der Waals surface area contributed by atoms with Gasteiger partial charge in [0.15, 0.2) is 0 Å². The Bertz CT molecular complexity index is 1510. The molecule has 4 aromatic rings. The number of benzene rings is 3. The molecule has 0 fully saturated rings. The zero-order valence-electron chi connectivity index (χ0n) is 18.3. The fourth-order valence-electron chi connectivity index (χ4n) is 3.43. The second-order valence-corrected chi connectivity index (χ2v) is 9.78. The molecule has 0 radical (unpaired) electrons. The zero-order chi connectivity index (χ0) is 23.8. The average molecular weight is 463 g/mol. The van der Waals surface area contributed by atoms with Gasteiger partial charge < -0.3 is 5.32 Å². The van der Waals surface area contributed by atoms with Gasteiger partial charge in [0.05, 0.1) is 21.5 Å². The maximum Gasteiger partial charge on any atom is 0.265 e. The molecule has 0 saturated carbocycles. The maximum atomic E-state index is 12.9. The number of hydrogen-bond acceptors (Lipinski definition) is 5. The molecule has 3 aromatic carbocycles. The largest absolute Gasteiger partial charge is 0.322 e. The van der Waals surface area contributed by atoms with Crippen LogP contribution in [-0.2, 0) is 10.0 Å². The predicted octanol–water partition coefficient (Wildman–Crippen LogP) is 3.20. The van der Waals surface area contributed by atoms with Crippen molar-refractivity contribution in [3.8, 4) is 5.69 Å². The standard InChI is InChI=1S/C24H22N4O4S/c1-16-25-22-7-5-4-6-21(22)24(30)28(16)19-12-8-17(9-13-19)23(29)26-18-10-14-20(15-11-18)33(31,32)27(2)3/h4-15H,1-3H3,(H,26,29). The first kappa shape index (κ1) is 22.4. The Labute approximate surface area is 191 Å². The molecule has 4 rings (SSSR count). The molecule has 8 nitrogen and oxygen atoms in total. The van der Waals surface area contributed by atoms with Gasteiger partial charge in [-0.15, -0.1) is 0 Å². The number of aryl methyl sites for hydroxylation is 1. The smallest absolute Gasteiger partial charge is 0.265 e. The van der Waals surface area contributed by atoms with Crippen molar-refractivity contribution in [2.45, 2.75) is 11.8 Å². The third kappa shape index (κ3) is 4.28. The molecule has 0 aliphatic rings. The first-order valence-corrected chi connectivity index (χ1v) is 11.6. The Balaban J connectivity index is 1.56. The number of amides is 1. The van der Waals surface area contributed by atoms with Gasteiger partial charge in [-0.25, -0.2) is 17.7 Å². The summed E-state index contributed by atoms with van der Waals surface area (Å²) in [5.74, 6) is 0.189. The SMILES string of the molecule is Cc1nc2ccccc2c(=O)n1-c1ccc(C(=O)Nc2ccc(S(=O)(=O)N(C)C)cc2)cc1. The number of hydrogen-bond donors (Lipinski definition) is 1. The Morgan fingerprint density at radius 1 is 0.939 bits per heavy atom. The highest BCUT2D eigenvalue weighted by atomic mass is 32.2. The van der Waals surface area contributed by atoms with Gasteiger partial charge in [-0.05, 0) is 67.6 Å². The van der Waals surface area contributed by atoms with E-state index < -0.39 is 10.0 Å². The molecule has 0 atom stereocenters. The molecule has 0 unspecified atom stereocenters. The van der Waals surface area contributed by atoms with Crippen molar-refractivity contribution in [3.05, 3.63) is 94.5 Å². The van der Waals surface area contributed by atoms with Crippen LogP contribution in [0.3, 0.4) is 0 Å². The number of nitrogens with one attached hydrogen (secondary N) is 1. The van der Waals surface area contributed by atoms with E-state index in [0.717, 1.165) is 4.31 Å². The van der Waals surface area contributed by atoms with Gasteiger partial charge in [-0.3, -0.25) is 14.2 Å². The molecule has 0 spiro atoms. The van der Waals surface area contributed by atoms with E-state index in [1.54, 1.807) is 49.4 Å². The van der Waals surface area contributed by atoms with Crippen molar-refractivity contribution in [1.29, 1.82) is 0 Å². The van der Waals surface area contributed by atoms with Crippen LogP contribution < -0.4 is 10.9 Å². The zero-order valence-corrected chi connectivity index (χ0v) is 19.1. The molecular weight excluding hydrogens is 440 g/mol. The third-order valence-corrected chi connectivity index (χ3v) is 7.05. The van der Waals surface area contributed by atoms with E-state index in [2.05, 4.69) is 10.3 Å². The Morgan fingerprint density at radius 2 is 1.58 bits per heavy atom. The summed E-state index contributed by atoms with van der Waals surface area (Å²) in [4.78, 5) is 30.2. The van der Waals surface area contributed by atoms with Crippen LogP contribution in [-0.4, -0.2) is 42.3 Å². The van der Waals surface area contributed by atoms with E-state index in [-0.39, 0.29) is 16.4 Å². The number of nitrogens with zero attached hydrogens (tertiary/aromatic N) is 3. The number of aromatic nitrogens is 2. The Kier molecular flexibility index (Phi) is 5.84. The van der Waals surface area contributed by atoms with Crippen molar-refractivity contribution in [3.63, 3.8) is 0 Å². The van der Waals surface area contributed by atoms with Crippen molar-refractivity contribution >= 4 is 32.5 Å². The second kappa shape index (κ2) is 8.61. The highest BCUT2D eigenvalue weighted by Crippen LogP contribution is 2.18. The Hall–Kier alpha value is -3.82. The molecule has 0 aliphatic heterocycles. The number of sulfonamides is 1. The molecule has 1 aromatic heterocycles. The number of anilines is 1. The molecule has 1 heterocycles. The summed E-state index contributed by atoms with van der Waals surface area (Å²) in [6, 6.07) is 19.7. The molecule has 0 bridgehead atoms. The van der Waals surface area contributed by atoms with E-state index >= 15 is 0 Å². The predicted molar refractivity (Wildman–Crippen MR) is 127 cm³/mol. The van der Waals surface area contributed by atoms with Crippen LogP contribution >= 0.6 is 0 Å². The number of fused-ring (bicyclic) bond motifs is 1. The van der Waals surface area contributed by atoms with E-state index in [0.29, 0.717) is 33.7 Å². The van der Waals surface area contributed by atoms with Gasteiger partial charge in [0, 0.05) is 25.3 Å². The lowest BCUT2D eigenvalue weighted by Gasteiger charge is -2.13. The summed E-state index contributed by atoms with van der Waals surface area (Å²) < 4.78 is 27.0. The van der Waals surface area contributed by atoms with Gasteiger partial charge in [0.25, 0.3) is 11.5 Å². The molecule has 168 valence electrons. The number of carbonyl (C=O) groups excluding carboxylic acids is 1. The first-order chi connectivity index (χ1) is 15.7. The number of para-hydroxylation sites is 1. The summed E-state index contributed by atoms with van der Waals surface area (Å²) in [5, 5.41) is 3.26. The van der Waals surface area contributed by atoms with Crippen LogP contribution in [0.25, 0.3) is 16.6 Å². The molecule has 9 heteroatoms. The van der Waals surface area contributed by atoms with Crippen LogP contribution in [0.2, 0.25) is 0 Å². The Morgan fingerprint density at radius 3 is 2.21 bits per heavy atom. The molecule has 33 heavy (non-hydrogen) atoms. The number of rotatable bonds is 5. The minimum Gasteiger partial charge on any atom is -0.322 e. The van der Waals surface area contributed by atoms with Gasteiger partial charge >= 0.3 is 0 Å². The quantitative estimate of drug-likeness (QED) is 0.491. The van der Waals surface area contributed by atoms with Crippen molar-refractivity contribution in [2.75, 3.05) is 19.4 Å². The summed E-state index contributed by atoms with van der Waals surface area (Å²) in [6.45, 7) is 1.76. The molecule has 1 amide bonds. The normalized spacial score (nSPS) is 11.6. The van der Waals surface area contributed by atoms with Crippen LogP contribution in [0, 0.1) is 6.92 Å². The summed E-state index contributed by atoms with van der Waals surface area (Å²) in [7, 11) is -0.625. The fourth-order valence-corrected chi connectivity index (χ4v) is 4.34. The lowest BCUT2D eigenvalue weighted by atomic mass is 10.1. The average Bonchev–Trinajstić information content (AvgIpc) is 2.80. The topological polar surface area (TPSA) is 101 Å². The van der Waals surface area contributed by atoms with E-state index in [1.807, 2.05) is 6.07 Å². The first-order valence-electron chi connectivity index (χ1n) is 10.1. The van der Waals surface area contributed by atoms with E-state index in [4.69, 9.17) is 0 Å². The van der Waals surface area contributed by atoms with E-state index in [1.165, 1.54) is 42.9 Å². The molecule has 1 N–H and O–H groups in total. The lowest BCUT2D eigenvalue weighted by molar-refractivity contribution is 0.102. The van der Waals surface area contributed by atoms with Gasteiger partial charge in [0.1, 0.15) is 5.82 Å². The number of carbonyl (C=O) groups is 1. The summed E-state index contributed by atoms with van der Waals surface area (Å²) in [5.41, 5.74) is 1.92. The highest BCUT2D eigenvalue weighted by molar-refractivity contribution is 7.89. The van der Waals surface area contributed by atoms with Crippen LogP contribution in [0.4, 0.5) is 5.69 Å². The maximum absolute atomic E-state index is 12.9. The van der Waals surface area contributed by atoms with Crippen LogP contribution in [0.15, 0.2) is 82.5 Å². The van der Waals surface area contributed by atoms with Gasteiger partial charge in [-0.2, -0.15) is 0 Å². The van der Waals surface area contributed by atoms with Gasteiger partial charge in [-0.1, -0.05) is 12.1 Å². The molecule has 0 aliphatic carbocycles. The molecule has 0 saturated heterocycles. The van der Waals surface area contributed by atoms with Crippen molar-refractivity contribution < 1.29 is 13.2 Å². The monoisotopic (exact) mass is 462 g/mol. The summed E-state index contributed by atoms with van der Waals surface area (Å²) >= 11 is 0. The van der Waals surface area contributed by atoms with Gasteiger partial charge in [0.2, 0.25) is 10.0 Å². The highest BCUT2D eigenvalue weighted by Gasteiger charge is 2.17. The lowest BCUT2D eigenvalue weighted by Crippen LogP contribution is -2.22. The third-order valence-electron chi connectivity index (χ3n) is 5.22. The second-order valence-electron chi connectivity index (χ2n) is 7.63. The van der Waals surface area contributed by atoms with Crippen molar-refractivity contribution in [1.82, 2.24) is 13.9 Å². The minimum absolute atomic E-state index is 0.139. The van der Waals surface area contributed by atoms with E-state index in [9.17, 15) is 18.0 Å². The minimum atomic E-state index is -3.54. The van der Waals surface area contributed by atoms with Crippen LogP contribution in [0.1, 0.15) is 16.2 Å². The molecular formula is C24H22N4O4S. The van der Waals surface area contributed by atoms with Crippen molar-refractivity contribution in [2.24, 2.45) is 0 Å². The van der Waals surface area contributed by atoms with Crippen LogP contribution in [0.5, 0.6) is 0 Å². The fraction of sp³-hybridized carbons (Fsp3) is 0.125. The summed E-state index contributed by atoms with van der Waals surface area (Å²) in [6.07, 6.45) is 0.